The number of rotatable bonds is 6. The second kappa shape index (κ2) is 7.79. The number of nitrogens with zero attached hydrogens (tertiary/aromatic N) is 1. The lowest BCUT2D eigenvalue weighted by Gasteiger charge is -2.18. The fraction of sp³-hybridized carbons (Fsp3) is 0.235. The Bertz CT molecular complexity index is 747. The van der Waals surface area contributed by atoms with Crippen LogP contribution in [0.3, 0.4) is 0 Å². The normalized spacial score (nSPS) is 11.6. The fourth-order valence-corrected chi connectivity index (χ4v) is 2.48. The van der Waals surface area contributed by atoms with Crippen LogP contribution in [0.15, 0.2) is 42.5 Å². The SMILES string of the molecule is CC[C@@H](NC(=O)c1ccc(Cl)c([N+](=O)[O-])c1)c1ccc(OC)cc1. The second-order valence-electron chi connectivity index (χ2n) is 5.13. The van der Waals surface area contributed by atoms with Crippen LogP contribution < -0.4 is 10.1 Å². The Labute approximate surface area is 144 Å². The Balaban J connectivity index is 2.19. The van der Waals surface area contributed by atoms with Gasteiger partial charge in [0.2, 0.25) is 0 Å². The van der Waals surface area contributed by atoms with Crippen molar-refractivity contribution in [3.8, 4) is 5.75 Å². The molecule has 2 aromatic carbocycles. The molecule has 2 aromatic rings. The maximum absolute atomic E-state index is 12.4. The van der Waals surface area contributed by atoms with Crippen molar-refractivity contribution in [1.82, 2.24) is 5.32 Å². The summed E-state index contributed by atoms with van der Waals surface area (Å²) in [5.41, 5.74) is 0.829. The van der Waals surface area contributed by atoms with Gasteiger partial charge in [0.15, 0.2) is 0 Å². The zero-order chi connectivity index (χ0) is 17.7. The predicted molar refractivity (Wildman–Crippen MR) is 91.6 cm³/mol. The number of nitro groups is 1. The standard InChI is InChI=1S/C17H17ClN2O4/c1-3-15(11-4-7-13(24-2)8-5-11)19-17(21)12-6-9-14(18)16(10-12)20(22)23/h4-10,15H,3H2,1-2H3,(H,19,21)/t15-/m1/s1. The number of ether oxygens (including phenoxy) is 1. The summed E-state index contributed by atoms with van der Waals surface area (Å²) >= 11 is 5.77. The van der Waals surface area contributed by atoms with Gasteiger partial charge in [0.25, 0.3) is 11.6 Å². The van der Waals surface area contributed by atoms with E-state index in [2.05, 4.69) is 5.32 Å². The van der Waals surface area contributed by atoms with E-state index in [-0.39, 0.29) is 22.3 Å². The summed E-state index contributed by atoms with van der Waals surface area (Å²) in [5.74, 6) is 0.339. The van der Waals surface area contributed by atoms with Crippen molar-refractivity contribution in [3.05, 3.63) is 68.7 Å². The van der Waals surface area contributed by atoms with Crippen molar-refractivity contribution in [1.29, 1.82) is 0 Å². The van der Waals surface area contributed by atoms with Gasteiger partial charge in [0, 0.05) is 11.6 Å². The van der Waals surface area contributed by atoms with Gasteiger partial charge in [-0.25, -0.2) is 0 Å². The van der Waals surface area contributed by atoms with E-state index >= 15 is 0 Å². The average Bonchev–Trinajstić information content (AvgIpc) is 2.59. The highest BCUT2D eigenvalue weighted by Gasteiger charge is 2.19. The molecule has 0 saturated heterocycles. The molecule has 6 nitrogen and oxygen atoms in total. The van der Waals surface area contributed by atoms with Gasteiger partial charge < -0.3 is 10.1 Å². The molecule has 0 saturated carbocycles. The molecule has 0 aliphatic carbocycles. The summed E-state index contributed by atoms with van der Waals surface area (Å²) in [7, 11) is 1.58. The van der Waals surface area contributed by atoms with E-state index in [1.54, 1.807) is 7.11 Å². The number of hydrogen-bond acceptors (Lipinski definition) is 4. The van der Waals surface area contributed by atoms with E-state index < -0.39 is 10.8 Å². The van der Waals surface area contributed by atoms with Gasteiger partial charge in [-0.15, -0.1) is 0 Å². The molecule has 0 fully saturated rings. The zero-order valence-electron chi connectivity index (χ0n) is 13.3. The van der Waals surface area contributed by atoms with Crippen LogP contribution in [-0.2, 0) is 0 Å². The van der Waals surface area contributed by atoms with E-state index in [9.17, 15) is 14.9 Å². The molecular weight excluding hydrogens is 332 g/mol. The van der Waals surface area contributed by atoms with Crippen LogP contribution in [-0.4, -0.2) is 17.9 Å². The van der Waals surface area contributed by atoms with E-state index in [1.807, 2.05) is 31.2 Å². The number of carbonyl (C=O) groups excluding carboxylic acids is 1. The van der Waals surface area contributed by atoms with Crippen LogP contribution in [0.25, 0.3) is 0 Å². The molecule has 126 valence electrons. The first-order valence-corrected chi connectivity index (χ1v) is 7.72. The van der Waals surface area contributed by atoms with E-state index in [1.165, 1.54) is 18.2 Å². The monoisotopic (exact) mass is 348 g/mol. The van der Waals surface area contributed by atoms with Crippen molar-refractivity contribution in [3.63, 3.8) is 0 Å². The summed E-state index contributed by atoms with van der Waals surface area (Å²) in [6.07, 6.45) is 0.674. The number of amides is 1. The van der Waals surface area contributed by atoms with Crippen LogP contribution in [0.4, 0.5) is 5.69 Å². The highest BCUT2D eigenvalue weighted by molar-refractivity contribution is 6.32. The number of methoxy groups -OCH3 is 1. The molecule has 0 unspecified atom stereocenters. The second-order valence-corrected chi connectivity index (χ2v) is 5.54. The van der Waals surface area contributed by atoms with Crippen molar-refractivity contribution >= 4 is 23.2 Å². The minimum Gasteiger partial charge on any atom is -0.497 e. The van der Waals surface area contributed by atoms with E-state index in [0.29, 0.717) is 6.42 Å². The van der Waals surface area contributed by atoms with Crippen LogP contribution in [0.5, 0.6) is 5.75 Å². The number of halogens is 1. The first-order valence-electron chi connectivity index (χ1n) is 7.35. The Morgan fingerprint density at radius 3 is 2.50 bits per heavy atom. The zero-order valence-corrected chi connectivity index (χ0v) is 14.0. The molecule has 0 aliphatic rings. The van der Waals surface area contributed by atoms with Crippen molar-refractivity contribution < 1.29 is 14.5 Å². The fourth-order valence-electron chi connectivity index (χ4n) is 2.29. The van der Waals surface area contributed by atoms with Crippen LogP contribution >= 0.6 is 11.6 Å². The summed E-state index contributed by atoms with van der Waals surface area (Å²) in [6, 6.07) is 11.2. The minimum absolute atomic E-state index is 0.00116. The molecule has 0 bridgehead atoms. The van der Waals surface area contributed by atoms with Crippen molar-refractivity contribution in [2.45, 2.75) is 19.4 Å². The molecule has 1 amide bonds. The van der Waals surface area contributed by atoms with Gasteiger partial charge >= 0.3 is 0 Å². The highest BCUT2D eigenvalue weighted by atomic mass is 35.5. The number of nitro benzene ring substituents is 1. The Morgan fingerprint density at radius 2 is 1.96 bits per heavy atom. The van der Waals surface area contributed by atoms with Crippen molar-refractivity contribution in [2.75, 3.05) is 7.11 Å². The molecule has 1 atom stereocenters. The maximum atomic E-state index is 12.4. The lowest BCUT2D eigenvalue weighted by atomic mass is 10.0. The quantitative estimate of drug-likeness (QED) is 0.628. The average molecular weight is 349 g/mol. The lowest BCUT2D eigenvalue weighted by molar-refractivity contribution is -0.384. The third-order valence-corrected chi connectivity index (χ3v) is 3.96. The van der Waals surface area contributed by atoms with Gasteiger partial charge in [-0.2, -0.15) is 0 Å². The van der Waals surface area contributed by atoms with Gasteiger partial charge in [-0.05, 0) is 36.2 Å². The van der Waals surface area contributed by atoms with Gasteiger partial charge in [-0.1, -0.05) is 30.7 Å². The van der Waals surface area contributed by atoms with Gasteiger partial charge in [0.1, 0.15) is 10.8 Å². The third kappa shape index (κ3) is 4.02. The van der Waals surface area contributed by atoms with E-state index in [4.69, 9.17) is 16.3 Å². The topological polar surface area (TPSA) is 81.5 Å². The van der Waals surface area contributed by atoms with Crippen LogP contribution in [0, 0.1) is 10.1 Å². The van der Waals surface area contributed by atoms with Gasteiger partial charge in [-0.3, -0.25) is 14.9 Å². The predicted octanol–water partition coefficient (Wildman–Crippen LogP) is 4.14. The summed E-state index contributed by atoms with van der Waals surface area (Å²) in [5, 5.41) is 13.8. The molecule has 1 N–H and O–H groups in total. The molecule has 7 heteroatoms. The molecule has 2 rings (SSSR count). The minimum atomic E-state index is -0.611. The number of carbonyl (C=O) groups is 1. The number of benzene rings is 2. The summed E-state index contributed by atoms with van der Waals surface area (Å²) in [4.78, 5) is 22.7. The molecule has 0 spiro atoms. The molecular formula is C17H17ClN2O4. The molecule has 0 aliphatic heterocycles. The van der Waals surface area contributed by atoms with Crippen molar-refractivity contribution in [2.24, 2.45) is 0 Å². The Morgan fingerprint density at radius 1 is 1.29 bits per heavy atom. The smallest absolute Gasteiger partial charge is 0.288 e. The molecule has 0 heterocycles. The molecule has 0 aromatic heterocycles. The summed E-state index contributed by atoms with van der Waals surface area (Å²) in [6.45, 7) is 1.94. The maximum Gasteiger partial charge on any atom is 0.288 e. The van der Waals surface area contributed by atoms with Crippen LogP contribution in [0.2, 0.25) is 5.02 Å². The first-order chi connectivity index (χ1) is 11.5. The largest absolute Gasteiger partial charge is 0.497 e. The third-order valence-electron chi connectivity index (χ3n) is 3.64. The van der Waals surface area contributed by atoms with E-state index in [0.717, 1.165) is 11.3 Å². The van der Waals surface area contributed by atoms with Crippen LogP contribution in [0.1, 0.15) is 35.3 Å². The Hall–Kier alpha value is -2.60. The summed E-state index contributed by atoms with van der Waals surface area (Å²) < 4.78 is 5.12. The lowest BCUT2D eigenvalue weighted by Crippen LogP contribution is -2.28. The number of nitrogens with one attached hydrogen (secondary N) is 1. The van der Waals surface area contributed by atoms with Gasteiger partial charge in [0.05, 0.1) is 18.1 Å². The molecule has 24 heavy (non-hydrogen) atoms. The Kier molecular flexibility index (Phi) is 5.76. The molecule has 0 radical (unpaired) electrons. The highest BCUT2D eigenvalue weighted by Crippen LogP contribution is 2.26. The number of hydrogen-bond donors (Lipinski definition) is 1. The first kappa shape index (κ1) is 17.7.